The molecule has 1 aliphatic rings. The highest BCUT2D eigenvalue weighted by Crippen LogP contribution is 2.19. The number of imidazole rings is 1. The number of benzene rings is 2. The minimum absolute atomic E-state index is 0.111. The molecule has 3 aromatic rings. The zero-order valence-corrected chi connectivity index (χ0v) is 19.2. The Hall–Kier alpha value is -2.74. The summed E-state index contributed by atoms with van der Waals surface area (Å²) in [6, 6.07) is 14.1. The minimum atomic E-state index is -0.111. The number of aromatic amines is 1. The number of morpholine rings is 1. The summed E-state index contributed by atoms with van der Waals surface area (Å²) in [4.78, 5) is 25.5. The first kappa shape index (κ1) is 22.5. The van der Waals surface area contributed by atoms with Crippen LogP contribution in [0.2, 0.25) is 0 Å². The predicted molar refractivity (Wildman–Crippen MR) is 128 cm³/mol. The molecule has 2 N–H and O–H groups in total. The molecule has 0 bridgehead atoms. The van der Waals surface area contributed by atoms with Crippen molar-refractivity contribution in [3.8, 4) is 0 Å². The van der Waals surface area contributed by atoms with E-state index in [0.29, 0.717) is 11.6 Å². The molecule has 0 spiro atoms. The van der Waals surface area contributed by atoms with Crippen molar-refractivity contribution in [3.63, 3.8) is 0 Å². The lowest BCUT2D eigenvalue weighted by Gasteiger charge is -2.25. The largest absolute Gasteiger partial charge is 0.379 e. The van der Waals surface area contributed by atoms with E-state index in [1.807, 2.05) is 42.5 Å². The molecular formula is C25H33N5O2. The lowest BCUT2D eigenvalue weighted by Crippen LogP contribution is -2.35. The highest BCUT2D eigenvalue weighted by Gasteiger charge is 2.14. The first-order valence-corrected chi connectivity index (χ1v) is 11.4. The molecule has 1 amide bonds. The molecule has 0 atom stereocenters. The fourth-order valence-corrected chi connectivity index (χ4v) is 4.05. The van der Waals surface area contributed by atoms with E-state index in [4.69, 9.17) is 4.74 Å². The van der Waals surface area contributed by atoms with E-state index < -0.39 is 0 Å². The number of aromatic nitrogens is 2. The summed E-state index contributed by atoms with van der Waals surface area (Å²) < 4.78 is 5.41. The SMILES string of the molecule is CCN(Cc1ccc(C(=O)Nc2ccc3nc(CN4CCOCC4)[nH]c3c2)cc1)C(C)C. The molecule has 170 valence electrons. The van der Waals surface area contributed by atoms with Crippen molar-refractivity contribution < 1.29 is 9.53 Å². The Balaban J connectivity index is 1.39. The van der Waals surface area contributed by atoms with Crippen LogP contribution in [0.25, 0.3) is 11.0 Å². The zero-order valence-electron chi connectivity index (χ0n) is 19.2. The van der Waals surface area contributed by atoms with Crippen LogP contribution < -0.4 is 5.32 Å². The Bertz CT molecular complexity index is 1040. The monoisotopic (exact) mass is 435 g/mol. The summed E-state index contributed by atoms with van der Waals surface area (Å²) in [5.74, 6) is 0.823. The molecule has 1 fully saturated rings. The second kappa shape index (κ2) is 10.3. The molecule has 1 aromatic heterocycles. The molecule has 7 nitrogen and oxygen atoms in total. The van der Waals surface area contributed by atoms with Crippen LogP contribution in [0.5, 0.6) is 0 Å². The molecule has 2 aromatic carbocycles. The van der Waals surface area contributed by atoms with Crippen molar-refractivity contribution in [1.29, 1.82) is 0 Å². The second-order valence-electron chi connectivity index (χ2n) is 8.61. The number of ether oxygens (including phenoxy) is 1. The highest BCUT2D eigenvalue weighted by atomic mass is 16.5. The van der Waals surface area contributed by atoms with E-state index in [-0.39, 0.29) is 5.91 Å². The molecule has 7 heteroatoms. The van der Waals surface area contributed by atoms with Gasteiger partial charge in [0.1, 0.15) is 5.82 Å². The highest BCUT2D eigenvalue weighted by molar-refractivity contribution is 6.05. The summed E-state index contributed by atoms with van der Waals surface area (Å²) in [5.41, 5.74) is 4.45. The first-order chi connectivity index (χ1) is 15.5. The molecule has 1 saturated heterocycles. The molecular weight excluding hydrogens is 402 g/mol. The summed E-state index contributed by atoms with van der Waals surface area (Å²) >= 11 is 0. The topological polar surface area (TPSA) is 73.5 Å². The van der Waals surface area contributed by atoms with E-state index in [1.54, 1.807) is 0 Å². The fraction of sp³-hybridized carbons (Fsp3) is 0.440. The Morgan fingerprint density at radius 2 is 1.94 bits per heavy atom. The number of anilines is 1. The van der Waals surface area contributed by atoms with Gasteiger partial charge in [0, 0.05) is 36.9 Å². The van der Waals surface area contributed by atoms with Gasteiger partial charge >= 0.3 is 0 Å². The van der Waals surface area contributed by atoms with E-state index in [0.717, 1.165) is 68.5 Å². The van der Waals surface area contributed by atoms with E-state index >= 15 is 0 Å². The first-order valence-electron chi connectivity index (χ1n) is 11.4. The van der Waals surface area contributed by atoms with Crippen LogP contribution in [0.1, 0.15) is 42.5 Å². The van der Waals surface area contributed by atoms with Crippen molar-refractivity contribution in [2.45, 2.75) is 39.9 Å². The molecule has 32 heavy (non-hydrogen) atoms. The van der Waals surface area contributed by atoms with Crippen LogP contribution in [0.4, 0.5) is 5.69 Å². The van der Waals surface area contributed by atoms with Gasteiger partial charge in [0.15, 0.2) is 0 Å². The number of rotatable bonds is 8. The van der Waals surface area contributed by atoms with Crippen molar-refractivity contribution in [1.82, 2.24) is 19.8 Å². The van der Waals surface area contributed by atoms with Gasteiger partial charge < -0.3 is 15.0 Å². The maximum absolute atomic E-state index is 12.8. The Morgan fingerprint density at radius 3 is 2.62 bits per heavy atom. The third-order valence-corrected chi connectivity index (χ3v) is 6.00. The molecule has 0 aliphatic carbocycles. The minimum Gasteiger partial charge on any atom is -0.379 e. The van der Waals surface area contributed by atoms with Crippen molar-refractivity contribution in [3.05, 3.63) is 59.4 Å². The number of nitrogens with zero attached hydrogens (tertiary/aromatic N) is 3. The quantitative estimate of drug-likeness (QED) is 0.562. The van der Waals surface area contributed by atoms with E-state index in [9.17, 15) is 4.79 Å². The predicted octanol–water partition coefficient (Wildman–Crippen LogP) is 3.88. The normalized spacial score (nSPS) is 15.0. The molecule has 0 radical (unpaired) electrons. The van der Waals surface area contributed by atoms with E-state index in [1.165, 1.54) is 5.56 Å². The summed E-state index contributed by atoms with van der Waals surface area (Å²) in [6.45, 7) is 12.6. The van der Waals surface area contributed by atoms with Crippen molar-refractivity contribution in [2.24, 2.45) is 0 Å². The van der Waals surface area contributed by atoms with Gasteiger partial charge in [0.2, 0.25) is 0 Å². The molecule has 2 heterocycles. The van der Waals surface area contributed by atoms with Crippen LogP contribution in [0.15, 0.2) is 42.5 Å². The zero-order chi connectivity index (χ0) is 22.5. The third-order valence-electron chi connectivity index (χ3n) is 6.00. The van der Waals surface area contributed by atoms with Gasteiger partial charge in [0.05, 0.1) is 30.8 Å². The number of amides is 1. The number of carbonyl (C=O) groups is 1. The van der Waals surface area contributed by atoms with Crippen molar-refractivity contribution >= 4 is 22.6 Å². The van der Waals surface area contributed by atoms with Crippen molar-refractivity contribution in [2.75, 3.05) is 38.2 Å². The Morgan fingerprint density at radius 1 is 1.19 bits per heavy atom. The molecule has 0 unspecified atom stereocenters. The van der Waals surface area contributed by atoms with Crippen LogP contribution >= 0.6 is 0 Å². The second-order valence-corrected chi connectivity index (χ2v) is 8.61. The third kappa shape index (κ3) is 5.54. The standard InChI is InChI=1S/C25H33N5O2/c1-4-30(18(2)3)16-19-5-7-20(8-6-19)25(31)26-21-9-10-22-23(15-21)28-24(27-22)17-29-11-13-32-14-12-29/h5-10,15,18H,4,11-14,16-17H2,1-3H3,(H,26,31)(H,27,28). The van der Waals surface area contributed by atoms with Crippen LogP contribution in [-0.4, -0.2) is 64.6 Å². The van der Waals surface area contributed by atoms with Gasteiger partial charge in [0.25, 0.3) is 5.91 Å². The number of carbonyl (C=O) groups excluding carboxylic acids is 1. The average molecular weight is 436 g/mol. The Kier molecular flexibility index (Phi) is 7.19. The number of hydrogen-bond donors (Lipinski definition) is 2. The van der Waals surface area contributed by atoms with Gasteiger partial charge in [-0.25, -0.2) is 4.98 Å². The summed E-state index contributed by atoms with van der Waals surface area (Å²) in [5, 5.41) is 3.01. The van der Waals surface area contributed by atoms with Gasteiger partial charge in [-0.2, -0.15) is 0 Å². The maximum Gasteiger partial charge on any atom is 0.255 e. The lowest BCUT2D eigenvalue weighted by molar-refractivity contribution is 0.0332. The van der Waals surface area contributed by atoms with Gasteiger partial charge in [-0.05, 0) is 56.3 Å². The van der Waals surface area contributed by atoms with Gasteiger partial charge in [-0.3, -0.25) is 14.6 Å². The summed E-state index contributed by atoms with van der Waals surface area (Å²) in [7, 11) is 0. The van der Waals surface area contributed by atoms with Crippen LogP contribution in [0, 0.1) is 0 Å². The van der Waals surface area contributed by atoms with Crippen LogP contribution in [-0.2, 0) is 17.8 Å². The smallest absolute Gasteiger partial charge is 0.255 e. The lowest BCUT2D eigenvalue weighted by atomic mass is 10.1. The average Bonchev–Trinajstić information content (AvgIpc) is 3.19. The van der Waals surface area contributed by atoms with Crippen LogP contribution in [0.3, 0.4) is 0 Å². The van der Waals surface area contributed by atoms with E-state index in [2.05, 4.69) is 45.9 Å². The molecule has 4 rings (SSSR count). The number of nitrogens with one attached hydrogen (secondary N) is 2. The Labute approximate surface area is 189 Å². The number of hydrogen-bond acceptors (Lipinski definition) is 5. The number of fused-ring (bicyclic) bond motifs is 1. The maximum atomic E-state index is 12.8. The molecule has 0 saturated carbocycles. The molecule has 1 aliphatic heterocycles. The number of H-pyrrole nitrogens is 1. The van der Waals surface area contributed by atoms with Gasteiger partial charge in [-0.1, -0.05) is 19.1 Å². The fourth-order valence-electron chi connectivity index (χ4n) is 4.05. The van der Waals surface area contributed by atoms with Gasteiger partial charge in [-0.15, -0.1) is 0 Å². The summed E-state index contributed by atoms with van der Waals surface area (Å²) in [6.07, 6.45) is 0.